The van der Waals surface area contributed by atoms with E-state index in [9.17, 15) is 0 Å². The molecule has 3 heteroatoms. The Balaban J connectivity index is 0.000000640. The van der Waals surface area contributed by atoms with Crippen molar-refractivity contribution in [1.29, 1.82) is 0 Å². The van der Waals surface area contributed by atoms with E-state index in [2.05, 4.69) is 0 Å². The number of aromatic hydroxyl groups is 1. The Morgan fingerprint density at radius 1 is 1.22 bits per heavy atom. The zero-order chi connectivity index (χ0) is 5.98. The number of halogens is 1. The number of hydrogen-bond donors (Lipinski definition) is 1. The molecule has 9 heavy (non-hydrogen) atoms. The fraction of sp³-hybridized carbons (Fsp3) is 0. The second kappa shape index (κ2) is 3.64. The highest BCUT2D eigenvalue weighted by Gasteiger charge is 1.89. The standard InChI is InChI=1S/C6H5ClO.H2S/c7-5-3-1-2-4-6(5)8;/h1-4,8H;1H2. The van der Waals surface area contributed by atoms with Gasteiger partial charge in [0.25, 0.3) is 0 Å². The van der Waals surface area contributed by atoms with Gasteiger partial charge in [-0.2, -0.15) is 13.5 Å². The minimum absolute atomic E-state index is 0. The van der Waals surface area contributed by atoms with Gasteiger partial charge in [0.15, 0.2) is 0 Å². The van der Waals surface area contributed by atoms with Crippen molar-refractivity contribution in [2.45, 2.75) is 0 Å². The van der Waals surface area contributed by atoms with Crippen molar-refractivity contribution in [2.24, 2.45) is 0 Å². The van der Waals surface area contributed by atoms with Crippen molar-refractivity contribution in [2.75, 3.05) is 0 Å². The van der Waals surface area contributed by atoms with E-state index in [1.54, 1.807) is 24.3 Å². The summed E-state index contributed by atoms with van der Waals surface area (Å²) in [6.45, 7) is 0. The quantitative estimate of drug-likeness (QED) is 0.620. The third kappa shape index (κ3) is 2.16. The summed E-state index contributed by atoms with van der Waals surface area (Å²) in [5, 5.41) is 9.18. The monoisotopic (exact) mass is 162 g/mol. The second-order valence-corrected chi connectivity index (χ2v) is 1.86. The normalized spacial score (nSPS) is 8.11. The molecule has 0 radical (unpaired) electrons. The molecule has 50 valence electrons. The van der Waals surface area contributed by atoms with Gasteiger partial charge in [0, 0.05) is 0 Å². The minimum atomic E-state index is 0. The summed E-state index contributed by atoms with van der Waals surface area (Å²) in [5.74, 6) is 0.133. The number of phenols is 1. The van der Waals surface area contributed by atoms with Crippen LogP contribution in [0.3, 0.4) is 0 Å². The molecule has 0 bridgehead atoms. The fourth-order valence-corrected chi connectivity index (χ4v) is 0.587. The Labute approximate surface area is 65.7 Å². The largest absolute Gasteiger partial charge is 0.506 e. The molecular formula is C6H7ClOS. The van der Waals surface area contributed by atoms with E-state index in [4.69, 9.17) is 16.7 Å². The van der Waals surface area contributed by atoms with Crippen LogP contribution < -0.4 is 0 Å². The molecule has 1 aromatic rings. The van der Waals surface area contributed by atoms with Crippen LogP contribution in [0.2, 0.25) is 5.02 Å². The van der Waals surface area contributed by atoms with Crippen LogP contribution in [0.4, 0.5) is 0 Å². The molecule has 0 saturated heterocycles. The van der Waals surface area contributed by atoms with Gasteiger partial charge in [0.2, 0.25) is 0 Å². The van der Waals surface area contributed by atoms with E-state index in [0.717, 1.165) is 0 Å². The molecule has 0 atom stereocenters. The number of hydrogen-bond acceptors (Lipinski definition) is 1. The first-order valence-corrected chi connectivity index (χ1v) is 2.62. The maximum Gasteiger partial charge on any atom is 0.134 e. The molecule has 1 nitrogen and oxygen atoms in total. The lowest BCUT2D eigenvalue weighted by Gasteiger charge is -1.89. The summed E-state index contributed by atoms with van der Waals surface area (Å²) in [7, 11) is 0. The van der Waals surface area contributed by atoms with Gasteiger partial charge in [-0.25, -0.2) is 0 Å². The molecule has 1 rings (SSSR count). The topological polar surface area (TPSA) is 20.2 Å². The van der Waals surface area contributed by atoms with Crippen molar-refractivity contribution in [3.05, 3.63) is 29.3 Å². The molecular weight excluding hydrogens is 156 g/mol. The van der Waals surface area contributed by atoms with E-state index < -0.39 is 0 Å². The second-order valence-electron chi connectivity index (χ2n) is 1.45. The van der Waals surface area contributed by atoms with E-state index in [-0.39, 0.29) is 19.2 Å². The molecule has 0 aromatic heterocycles. The Morgan fingerprint density at radius 2 is 1.78 bits per heavy atom. The highest BCUT2D eigenvalue weighted by Crippen LogP contribution is 2.20. The first kappa shape index (κ1) is 8.66. The molecule has 1 aromatic carbocycles. The molecule has 0 spiro atoms. The molecule has 0 fully saturated rings. The summed E-state index contributed by atoms with van der Waals surface area (Å²) >= 11 is 5.46. The average molecular weight is 163 g/mol. The molecule has 0 amide bonds. The molecule has 0 unspecified atom stereocenters. The van der Waals surface area contributed by atoms with E-state index >= 15 is 0 Å². The number of rotatable bonds is 0. The lowest BCUT2D eigenvalue weighted by Crippen LogP contribution is -1.62. The van der Waals surface area contributed by atoms with Crippen LogP contribution in [0.15, 0.2) is 24.3 Å². The van der Waals surface area contributed by atoms with Crippen molar-refractivity contribution < 1.29 is 5.11 Å². The zero-order valence-electron chi connectivity index (χ0n) is 4.63. The molecule has 0 saturated carbocycles. The smallest absolute Gasteiger partial charge is 0.134 e. The van der Waals surface area contributed by atoms with Crippen LogP contribution in [0.1, 0.15) is 0 Å². The van der Waals surface area contributed by atoms with Gasteiger partial charge in [-0.15, -0.1) is 0 Å². The molecule has 0 aliphatic carbocycles. The summed E-state index contributed by atoms with van der Waals surface area (Å²) in [4.78, 5) is 0. The number of benzene rings is 1. The van der Waals surface area contributed by atoms with Gasteiger partial charge < -0.3 is 5.11 Å². The zero-order valence-corrected chi connectivity index (χ0v) is 6.39. The first-order valence-electron chi connectivity index (χ1n) is 2.24. The summed E-state index contributed by atoms with van der Waals surface area (Å²) in [5.41, 5.74) is 0. The summed E-state index contributed by atoms with van der Waals surface area (Å²) in [6.07, 6.45) is 0. The Morgan fingerprint density at radius 3 is 2.11 bits per heavy atom. The summed E-state index contributed by atoms with van der Waals surface area (Å²) in [6, 6.07) is 6.67. The van der Waals surface area contributed by atoms with Crippen LogP contribution in [-0.2, 0) is 0 Å². The predicted octanol–water partition coefficient (Wildman–Crippen LogP) is 2.16. The third-order valence-electron chi connectivity index (χ3n) is 0.852. The van der Waals surface area contributed by atoms with Gasteiger partial charge in [-0.1, -0.05) is 23.7 Å². The molecule has 1 N–H and O–H groups in total. The number of para-hydroxylation sites is 1. The maximum atomic E-state index is 8.79. The van der Waals surface area contributed by atoms with Gasteiger partial charge in [0.05, 0.1) is 5.02 Å². The van der Waals surface area contributed by atoms with Crippen molar-refractivity contribution in [3.63, 3.8) is 0 Å². The van der Waals surface area contributed by atoms with Gasteiger partial charge in [-0.05, 0) is 12.1 Å². The molecule has 0 aliphatic heterocycles. The lowest BCUT2D eigenvalue weighted by atomic mass is 10.3. The molecule has 0 heterocycles. The fourth-order valence-electron chi connectivity index (χ4n) is 0.452. The van der Waals surface area contributed by atoms with Crippen LogP contribution in [0, 0.1) is 0 Å². The maximum absolute atomic E-state index is 8.79. The Bertz CT molecular complexity index is 169. The van der Waals surface area contributed by atoms with E-state index in [0.29, 0.717) is 5.02 Å². The molecule has 0 aliphatic rings. The highest BCUT2D eigenvalue weighted by molar-refractivity contribution is 7.59. The lowest BCUT2D eigenvalue weighted by molar-refractivity contribution is 0.475. The number of phenolic OH excluding ortho intramolecular Hbond substituents is 1. The van der Waals surface area contributed by atoms with E-state index in [1.165, 1.54) is 0 Å². The SMILES string of the molecule is Oc1ccccc1Cl.S. The van der Waals surface area contributed by atoms with Gasteiger partial charge in [0.1, 0.15) is 5.75 Å². The van der Waals surface area contributed by atoms with Crippen LogP contribution in [0.5, 0.6) is 5.75 Å². The van der Waals surface area contributed by atoms with Gasteiger partial charge in [-0.3, -0.25) is 0 Å². The summed E-state index contributed by atoms with van der Waals surface area (Å²) < 4.78 is 0. The average Bonchev–Trinajstić information content (AvgIpc) is 1.77. The van der Waals surface area contributed by atoms with Crippen LogP contribution >= 0.6 is 25.1 Å². The first-order chi connectivity index (χ1) is 3.80. The predicted molar refractivity (Wildman–Crippen MR) is 43.5 cm³/mol. The Kier molecular flexibility index (Phi) is 3.50. The van der Waals surface area contributed by atoms with Crippen LogP contribution in [-0.4, -0.2) is 5.11 Å². The minimum Gasteiger partial charge on any atom is -0.506 e. The third-order valence-corrected chi connectivity index (χ3v) is 1.17. The van der Waals surface area contributed by atoms with Crippen molar-refractivity contribution >= 4 is 25.1 Å². The van der Waals surface area contributed by atoms with Gasteiger partial charge >= 0.3 is 0 Å². The Hall–Kier alpha value is -0.340. The highest BCUT2D eigenvalue weighted by atomic mass is 35.5. The van der Waals surface area contributed by atoms with Crippen LogP contribution in [0.25, 0.3) is 0 Å². The van der Waals surface area contributed by atoms with E-state index in [1.807, 2.05) is 0 Å². The van der Waals surface area contributed by atoms with Crippen molar-refractivity contribution in [1.82, 2.24) is 0 Å². The van der Waals surface area contributed by atoms with Crippen molar-refractivity contribution in [3.8, 4) is 5.75 Å².